The minimum atomic E-state index is 1.09. The second-order valence-electron chi connectivity index (χ2n) is 2.75. The van der Waals surface area contributed by atoms with Crippen molar-refractivity contribution in [3.63, 3.8) is 0 Å². The van der Waals surface area contributed by atoms with Gasteiger partial charge in [0.25, 0.3) is 0 Å². The Labute approximate surface area is 68.5 Å². The summed E-state index contributed by atoms with van der Waals surface area (Å²) in [7, 11) is 0. The first-order valence-electron chi connectivity index (χ1n) is 3.95. The highest BCUT2D eigenvalue weighted by molar-refractivity contribution is 7.83. The summed E-state index contributed by atoms with van der Waals surface area (Å²) in [6, 6.07) is 0. The van der Waals surface area contributed by atoms with Gasteiger partial charge in [-0.25, -0.2) is 0 Å². The molecule has 10 heavy (non-hydrogen) atoms. The number of piperidine rings is 1. The molecule has 0 radical (unpaired) electrons. The van der Waals surface area contributed by atoms with Gasteiger partial charge in [-0.2, -0.15) is 12.6 Å². The van der Waals surface area contributed by atoms with Crippen molar-refractivity contribution in [1.29, 1.82) is 0 Å². The zero-order valence-electron chi connectivity index (χ0n) is 6.29. The molecule has 0 saturated carbocycles. The van der Waals surface area contributed by atoms with Crippen LogP contribution in [0.25, 0.3) is 0 Å². The van der Waals surface area contributed by atoms with Gasteiger partial charge in [0.2, 0.25) is 0 Å². The molecule has 0 unspecified atom stereocenters. The molecule has 0 aromatic heterocycles. The van der Waals surface area contributed by atoms with Gasteiger partial charge in [-0.1, -0.05) is 12.5 Å². The molecule has 0 bridgehead atoms. The number of hydrogen-bond donors (Lipinski definition) is 1. The number of rotatable bonds is 2. The maximum Gasteiger partial charge on any atom is 0.0171 e. The van der Waals surface area contributed by atoms with E-state index < -0.39 is 0 Å². The van der Waals surface area contributed by atoms with Crippen molar-refractivity contribution in [2.45, 2.75) is 19.3 Å². The molecule has 0 amide bonds. The zero-order chi connectivity index (χ0) is 7.23. The van der Waals surface area contributed by atoms with E-state index in [0.717, 1.165) is 6.54 Å². The Hall–Kier alpha value is 0.0500. The molecule has 0 aromatic carbocycles. The maximum absolute atomic E-state index is 4.01. The lowest BCUT2D eigenvalue weighted by Gasteiger charge is -2.24. The summed E-state index contributed by atoms with van der Waals surface area (Å²) in [5.74, 6) is 0. The van der Waals surface area contributed by atoms with Gasteiger partial charge in [-0.15, -0.1) is 0 Å². The summed E-state index contributed by atoms with van der Waals surface area (Å²) in [4.78, 5) is 2.47. The third-order valence-corrected chi connectivity index (χ3v) is 2.13. The van der Waals surface area contributed by atoms with E-state index in [2.05, 4.69) is 23.6 Å². The molecule has 1 saturated heterocycles. The summed E-state index contributed by atoms with van der Waals surface area (Å²) in [6.07, 6.45) is 6.27. The van der Waals surface area contributed by atoms with Crippen molar-refractivity contribution in [3.8, 4) is 0 Å². The van der Waals surface area contributed by atoms with Crippen molar-refractivity contribution >= 4 is 12.6 Å². The average molecular weight is 157 g/mol. The SMILES string of the molecule is SC=CCN1CCCCC1. The van der Waals surface area contributed by atoms with E-state index in [1.807, 2.05) is 5.41 Å². The highest BCUT2D eigenvalue weighted by atomic mass is 32.1. The Balaban J connectivity index is 2.13. The summed E-state index contributed by atoms with van der Waals surface area (Å²) in [5, 5.41) is 1.83. The highest BCUT2D eigenvalue weighted by Gasteiger charge is 2.06. The molecule has 0 spiro atoms. The van der Waals surface area contributed by atoms with Crippen LogP contribution in [-0.2, 0) is 0 Å². The minimum absolute atomic E-state index is 1.09. The predicted molar refractivity (Wildman–Crippen MR) is 48.4 cm³/mol. The quantitative estimate of drug-likeness (QED) is 0.599. The van der Waals surface area contributed by atoms with Crippen LogP contribution in [-0.4, -0.2) is 24.5 Å². The Morgan fingerprint density at radius 1 is 1.20 bits per heavy atom. The Morgan fingerprint density at radius 3 is 2.50 bits per heavy atom. The molecule has 0 aromatic rings. The lowest BCUT2D eigenvalue weighted by molar-refractivity contribution is 0.251. The van der Waals surface area contributed by atoms with Crippen LogP contribution in [0.15, 0.2) is 11.5 Å². The van der Waals surface area contributed by atoms with Crippen molar-refractivity contribution < 1.29 is 0 Å². The van der Waals surface area contributed by atoms with Crippen LogP contribution < -0.4 is 0 Å². The van der Waals surface area contributed by atoms with Gasteiger partial charge in [0.1, 0.15) is 0 Å². The highest BCUT2D eigenvalue weighted by Crippen LogP contribution is 2.07. The average Bonchev–Trinajstić information content (AvgIpc) is 2.03. The lowest BCUT2D eigenvalue weighted by atomic mass is 10.1. The molecule has 2 heteroatoms. The summed E-state index contributed by atoms with van der Waals surface area (Å²) < 4.78 is 0. The first-order chi connectivity index (χ1) is 4.93. The molecular formula is C8H15NS. The van der Waals surface area contributed by atoms with Crippen molar-refractivity contribution in [2.24, 2.45) is 0 Å². The van der Waals surface area contributed by atoms with Crippen LogP contribution in [0.3, 0.4) is 0 Å². The molecule has 58 valence electrons. The standard InChI is InChI=1S/C8H15NS/c10-8-4-7-9-5-2-1-3-6-9/h4,8,10H,1-3,5-7H2. The fourth-order valence-electron chi connectivity index (χ4n) is 1.34. The normalized spacial score (nSPS) is 22.1. The van der Waals surface area contributed by atoms with E-state index in [0.29, 0.717) is 0 Å². The van der Waals surface area contributed by atoms with Crippen molar-refractivity contribution in [1.82, 2.24) is 4.90 Å². The fourth-order valence-corrected chi connectivity index (χ4v) is 1.43. The summed E-state index contributed by atoms with van der Waals surface area (Å²) >= 11 is 4.01. The van der Waals surface area contributed by atoms with Gasteiger partial charge in [0, 0.05) is 6.54 Å². The monoisotopic (exact) mass is 157 g/mol. The van der Waals surface area contributed by atoms with Gasteiger partial charge in [0.05, 0.1) is 0 Å². The van der Waals surface area contributed by atoms with Crippen LogP contribution >= 0.6 is 12.6 Å². The molecule has 1 aliphatic heterocycles. The molecule has 0 atom stereocenters. The first kappa shape index (κ1) is 8.15. The fraction of sp³-hybridized carbons (Fsp3) is 0.750. The third kappa shape index (κ3) is 2.76. The van der Waals surface area contributed by atoms with E-state index in [4.69, 9.17) is 0 Å². The number of thiol groups is 1. The van der Waals surface area contributed by atoms with Gasteiger partial charge >= 0.3 is 0 Å². The molecular weight excluding hydrogens is 142 g/mol. The minimum Gasteiger partial charge on any atom is -0.300 e. The lowest BCUT2D eigenvalue weighted by Crippen LogP contribution is -2.29. The van der Waals surface area contributed by atoms with Crippen LogP contribution in [0.5, 0.6) is 0 Å². The van der Waals surface area contributed by atoms with Gasteiger partial charge in [0.15, 0.2) is 0 Å². The van der Waals surface area contributed by atoms with Crippen LogP contribution in [0.4, 0.5) is 0 Å². The van der Waals surface area contributed by atoms with Crippen molar-refractivity contribution in [2.75, 3.05) is 19.6 Å². The third-order valence-electron chi connectivity index (χ3n) is 1.92. The summed E-state index contributed by atoms with van der Waals surface area (Å²) in [6.45, 7) is 3.64. The zero-order valence-corrected chi connectivity index (χ0v) is 7.19. The van der Waals surface area contributed by atoms with Gasteiger partial charge < -0.3 is 0 Å². The Kier molecular flexibility index (Phi) is 3.91. The van der Waals surface area contributed by atoms with E-state index in [1.54, 1.807) is 0 Å². The van der Waals surface area contributed by atoms with E-state index in [9.17, 15) is 0 Å². The largest absolute Gasteiger partial charge is 0.300 e. The number of hydrogen-bond acceptors (Lipinski definition) is 2. The second kappa shape index (κ2) is 4.80. The summed E-state index contributed by atoms with van der Waals surface area (Å²) in [5.41, 5.74) is 0. The van der Waals surface area contributed by atoms with Crippen molar-refractivity contribution in [3.05, 3.63) is 11.5 Å². The molecule has 0 aliphatic carbocycles. The smallest absolute Gasteiger partial charge is 0.0171 e. The Bertz CT molecular complexity index is 106. The molecule has 1 rings (SSSR count). The van der Waals surface area contributed by atoms with Gasteiger partial charge in [-0.05, 0) is 31.3 Å². The van der Waals surface area contributed by atoms with E-state index in [-0.39, 0.29) is 0 Å². The number of likely N-dealkylation sites (tertiary alicyclic amines) is 1. The first-order valence-corrected chi connectivity index (χ1v) is 4.46. The van der Waals surface area contributed by atoms with E-state index in [1.165, 1.54) is 32.4 Å². The molecule has 1 aliphatic rings. The predicted octanol–water partition coefficient (Wildman–Crippen LogP) is 1.92. The molecule has 0 N–H and O–H groups in total. The second-order valence-corrected chi connectivity index (χ2v) is 3.04. The molecule has 1 fully saturated rings. The van der Waals surface area contributed by atoms with Crippen LogP contribution in [0.2, 0.25) is 0 Å². The molecule has 1 nitrogen and oxygen atoms in total. The van der Waals surface area contributed by atoms with Crippen LogP contribution in [0.1, 0.15) is 19.3 Å². The van der Waals surface area contributed by atoms with E-state index >= 15 is 0 Å². The topological polar surface area (TPSA) is 3.24 Å². The molecule has 1 heterocycles. The maximum atomic E-state index is 4.01. The number of nitrogens with zero attached hydrogens (tertiary/aromatic N) is 1. The Morgan fingerprint density at radius 2 is 1.90 bits per heavy atom. The van der Waals surface area contributed by atoms with Gasteiger partial charge in [-0.3, -0.25) is 4.90 Å². The van der Waals surface area contributed by atoms with Crippen LogP contribution in [0, 0.1) is 0 Å².